The number of carboxylic acid groups (broad SMARTS) is 1. The zero-order valence-corrected chi connectivity index (χ0v) is 11.3. The SMILES string of the molecule is Cc1cc(Br)ccc1-n1nnnc1CCC(=O)O. The maximum absolute atomic E-state index is 10.6. The Morgan fingerprint density at radius 1 is 1.50 bits per heavy atom. The molecule has 6 nitrogen and oxygen atoms in total. The van der Waals surface area contributed by atoms with Crippen LogP contribution in [0.25, 0.3) is 5.69 Å². The van der Waals surface area contributed by atoms with E-state index in [9.17, 15) is 4.79 Å². The lowest BCUT2D eigenvalue weighted by molar-refractivity contribution is -0.137. The Balaban J connectivity index is 2.33. The highest BCUT2D eigenvalue weighted by molar-refractivity contribution is 9.10. The van der Waals surface area contributed by atoms with Crippen LogP contribution >= 0.6 is 15.9 Å². The molecule has 0 saturated heterocycles. The molecule has 2 aromatic rings. The Hall–Kier alpha value is -1.76. The summed E-state index contributed by atoms with van der Waals surface area (Å²) in [5, 5.41) is 20.0. The highest BCUT2D eigenvalue weighted by Crippen LogP contribution is 2.19. The number of aryl methyl sites for hydroxylation is 2. The van der Waals surface area contributed by atoms with E-state index in [0.29, 0.717) is 12.2 Å². The van der Waals surface area contributed by atoms with Crippen LogP contribution in [-0.2, 0) is 11.2 Å². The topological polar surface area (TPSA) is 80.9 Å². The van der Waals surface area contributed by atoms with Crippen molar-refractivity contribution in [3.05, 3.63) is 34.1 Å². The second-order valence-corrected chi connectivity index (χ2v) is 4.75. The zero-order chi connectivity index (χ0) is 13.1. The summed E-state index contributed by atoms with van der Waals surface area (Å²) in [5.41, 5.74) is 1.86. The van der Waals surface area contributed by atoms with E-state index in [1.54, 1.807) is 4.68 Å². The molecule has 1 aromatic carbocycles. The molecule has 0 aliphatic rings. The van der Waals surface area contributed by atoms with Crippen molar-refractivity contribution in [2.24, 2.45) is 0 Å². The summed E-state index contributed by atoms with van der Waals surface area (Å²) in [5.74, 6) is -0.320. The minimum Gasteiger partial charge on any atom is -0.481 e. The molecule has 0 fully saturated rings. The summed E-state index contributed by atoms with van der Waals surface area (Å²) in [6.45, 7) is 1.95. The number of benzene rings is 1. The van der Waals surface area contributed by atoms with Crippen molar-refractivity contribution in [2.75, 3.05) is 0 Å². The van der Waals surface area contributed by atoms with Crippen molar-refractivity contribution in [2.45, 2.75) is 19.8 Å². The van der Waals surface area contributed by atoms with Crippen molar-refractivity contribution in [3.8, 4) is 5.69 Å². The van der Waals surface area contributed by atoms with Crippen LogP contribution < -0.4 is 0 Å². The second kappa shape index (κ2) is 5.26. The molecule has 0 saturated carbocycles. The Bertz CT molecular complexity index is 582. The summed E-state index contributed by atoms with van der Waals surface area (Å²) < 4.78 is 2.55. The van der Waals surface area contributed by atoms with Gasteiger partial charge in [0.05, 0.1) is 12.1 Å². The van der Waals surface area contributed by atoms with Crippen LogP contribution in [0.5, 0.6) is 0 Å². The lowest BCUT2D eigenvalue weighted by atomic mass is 10.2. The molecule has 7 heteroatoms. The van der Waals surface area contributed by atoms with Crippen LogP contribution in [0.1, 0.15) is 17.8 Å². The van der Waals surface area contributed by atoms with Crippen molar-refractivity contribution in [1.82, 2.24) is 20.2 Å². The van der Waals surface area contributed by atoms with Crippen molar-refractivity contribution in [1.29, 1.82) is 0 Å². The molecule has 2 rings (SSSR count). The molecule has 0 amide bonds. The summed E-state index contributed by atoms with van der Waals surface area (Å²) >= 11 is 3.39. The van der Waals surface area contributed by atoms with Crippen LogP contribution in [0.3, 0.4) is 0 Å². The smallest absolute Gasteiger partial charge is 0.303 e. The van der Waals surface area contributed by atoms with E-state index in [2.05, 4.69) is 31.5 Å². The van der Waals surface area contributed by atoms with Crippen molar-refractivity contribution < 1.29 is 9.90 Å². The van der Waals surface area contributed by atoms with Gasteiger partial charge in [-0.05, 0) is 41.1 Å². The molecule has 0 atom stereocenters. The van der Waals surface area contributed by atoms with Gasteiger partial charge in [-0.2, -0.15) is 4.68 Å². The fourth-order valence-electron chi connectivity index (χ4n) is 1.62. The summed E-state index contributed by atoms with van der Waals surface area (Å²) in [4.78, 5) is 10.6. The summed E-state index contributed by atoms with van der Waals surface area (Å²) in [7, 11) is 0. The van der Waals surface area contributed by atoms with E-state index < -0.39 is 5.97 Å². The third-order valence-electron chi connectivity index (χ3n) is 2.48. The maximum Gasteiger partial charge on any atom is 0.303 e. The highest BCUT2D eigenvalue weighted by atomic mass is 79.9. The third kappa shape index (κ3) is 2.73. The molecule has 0 aliphatic carbocycles. The van der Waals surface area contributed by atoms with E-state index in [0.717, 1.165) is 15.7 Å². The van der Waals surface area contributed by atoms with Gasteiger partial charge in [-0.25, -0.2) is 0 Å². The van der Waals surface area contributed by atoms with Gasteiger partial charge in [0.1, 0.15) is 0 Å². The van der Waals surface area contributed by atoms with Gasteiger partial charge in [0, 0.05) is 10.9 Å². The highest BCUT2D eigenvalue weighted by Gasteiger charge is 2.11. The van der Waals surface area contributed by atoms with Gasteiger partial charge >= 0.3 is 5.97 Å². The lowest BCUT2D eigenvalue weighted by Gasteiger charge is -2.07. The first-order valence-corrected chi connectivity index (χ1v) is 6.13. The minimum absolute atomic E-state index is 0.00987. The van der Waals surface area contributed by atoms with E-state index in [1.165, 1.54) is 0 Å². The molecule has 1 aromatic heterocycles. The number of carbonyl (C=O) groups is 1. The van der Waals surface area contributed by atoms with Crippen molar-refractivity contribution in [3.63, 3.8) is 0 Å². The van der Waals surface area contributed by atoms with Gasteiger partial charge in [0.25, 0.3) is 0 Å². The molecule has 0 spiro atoms. The van der Waals surface area contributed by atoms with Gasteiger partial charge < -0.3 is 5.11 Å². The first kappa shape index (κ1) is 12.7. The summed E-state index contributed by atoms with van der Waals surface area (Å²) in [6.07, 6.45) is 0.313. The molecule has 0 bridgehead atoms. The molecule has 94 valence electrons. The molecular weight excluding hydrogens is 300 g/mol. The number of nitrogens with zero attached hydrogens (tertiary/aromatic N) is 4. The maximum atomic E-state index is 10.6. The lowest BCUT2D eigenvalue weighted by Crippen LogP contribution is -2.07. The number of rotatable bonds is 4. The minimum atomic E-state index is -0.864. The zero-order valence-electron chi connectivity index (χ0n) is 9.67. The number of carboxylic acids is 1. The average Bonchev–Trinajstić information content (AvgIpc) is 2.74. The Morgan fingerprint density at radius 2 is 2.28 bits per heavy atom. The Morgan fingerprint density at radius 3 is 2.94 bits per heavy atom. The molecule has 0 radical (unpaired) electrons. The van der Waals surface area contributed by atoms with E-state index in [1.807, 2.05) is 25.1 Å². The second-order valence-electron chi connectivity index (χ2n) is 3.83. The Labute approximate surface area is 112 Å². The monoisotopic (exact) mass is 310 g/mol. The number of tetrazole rings is 1. The normalized spacial score (nSPS) is 10.6. The number of aliphatic carboxylic acids is 1. The molecule has 0 aliphatic heterocycles. The molecular formula is C11H11BrN4O2. The van der Waals surface area contributed by atoms with Gasteiger partial charge in [0.15, 0.2) is 5.82 Å². The molecule has 18 heavy (non-hydrogen) atoms. The van der Waals surface area contributed by atoms with Crippen LogP contribution in [0.15, 0.2) is 22.7 Å². The van der Waals surface area contributed by atoms with E-state index in [4.69, 9.17) is 5.11 Å². The fourth-order valence-corrected chi connectivity index (χ4v) is 2.10. The average molecular weight is 311 g/mol. The number of aromatic nitrogens is 4. The standard InChI is InChI=1S/C11H11BrN4O2/c1-7-6-8(12)2-3-9(7)16-10(13-14-15-16)4-5-11(17)18/h2-3,6H,4-5H2,1H3,(H,17,18). The summed E-state index contributed by atoms with van der Waals surface area (Å²) in [6, 6.07) is 5.74. The predicted molar refractivity (Wildman–Crippen MR) is 67.5 cm³/mol. The number of hydrogen-bond acceptors (Lipinski definition) is 4. The van der Waals surface area contributed by atoms with Crippen molar-refractivity contribution >= 4 is 21.9 Å². The molecule has 1 heterocycles. The van der Waals surface area contributed by atoms with Crippen LogP contribution in [0.4, 0.5) is 0 Å². The van der Waals surface area contributed by atoms with Crippen LogP contribution in [-0.4, -0.2) is 31.3 Å². The fraction of sp³-hybridized carbons (Fsp3) is 0.273. The number of hydrogen-bond donors (Lipinski definition) is 1. The first-order valence-electron chi connectivity index (χ1n) is 5.33. The third-order valence-corrected chi connectivity index (χ3v) is 2.98. The number of halogens is 1. The predicted octanol–water partition coefficient (Wildman–Crippen LogP) is 1.75. The first-order chi connectivity index (χ1) is 8.58. The Kier molecular flexibility index (Phi) is 3.71. The molecule has 1 N–H and O–H groups in total. The van der Waals surface area contributed by atoms with E-state index >= 15 is 0 Å². The van der Waals surface area contributed by atoms with Gasteiger partial charge in [-0.1, -0.05) is 15.9 Å². The van der Waals surface area contributed by atoms with Crippen LogP contribution in [0.2, 0.25) is 0 Å². The van der Waals surface area contributed by atoms with Crippen LogP contribution in [0, 0.1) is 6.92 Å². The van der Waals surface area contributed by atoms with E-state index in [-0.39, 0.29) is 6.42 Å². The quantitative estimate of drug-likeness (QED) is 0.930. The largest absolute Gasteiger partial charge is 0.481 e. The van der Waals surface area contributed by atoms with Gasteiger partial charge in [0.2, 0.25) is 0 Å². The van der Waals surface area contributed by atoms with Gasteiger partial charge in [-0.3, -0.25) is 4.79 Å². The van der Waals surface area contributed by atoms with Gasteiger partial charge in [-0.15, -0.1) is 5.10 Å². The molecule has 0 unspecified atom stereocenters.